The highest BCUT2D eigenvalue weighted by molar-refractivity contribution is 8.26. The summed E-state index contributed by atoms with van der Waals surface area (Å²) in [7, 11) is 0. The van der Waals surface area contributed by atoms with Crippen LogP contribution < -0.4 is 5.43 Å². The van der Waals surface area contributed by atoms with Crippen LogP contribution in [0.4, 0.5) is 0 Å². The maximum absolute atomic E-state index is 12.4. The van der Waals surface area contributed by atoms with Gasteiger partial charge in [0, 0.05) is 5.56 Å². The lowest BCUT2D eigenvalue weighted by Gasteiger charge is -2.15. The summed E-state index contributed by atoms with van der Waals surface area (Å²) in [6, 6.07) is 9.22. The predicted molar refractivity (Wildman–Crippen MR) is 98.4 cm³/mol. The number of benzene rings is 1. The minimum Gasteiger partial charge on any atom is -0.508 e. The molecule has 0 aliphatic carbocycles. The van der Waals surface area contributed by atoms with Crippen LogP contribution in [0, 0.1) is 0 Å². The smallest absolute Gasteiger partial charge is 0.285 e. The summed E-state index contributed by atoms with van der Waals surface area (Å²) in [5, 5.41) is 10.3. The average Bonchev–Trinajstić information content (AvgIpc) is 3.20. The number of amides is 2. The summed E-state index contributed by atoms with van der Waals surface area (Å²) in [6.45, 7) is 0. The molecule has 0 saturated carbocycles. The van der Waals surface area contributed by atoms with Crippen molar-refractivity contribution in [3.05, 3.63) is 71.0 Å². The molecular weight excluding hydrogens is 360 g/mol. The Morgan fingerprint density at radius 2 is 2.04 bits per heavy atom. The molecule has 126 valence electrons. The lowest BCUT2D eigenvalue weighted by atomic mass is 10.2. The van der Waals surface area contributed by atoms with Crippen molar-refractivity contribution in [1.82, 2.24) is 10.4 Å². The van der Waals surface area contributed by atoms with Gasteiger partial charge in [0.1, 0.15) is 11.5 Å². The van der Waals surface area contributed by atoms with Crippen LogP contribution in [0.2, 0.25) is 0 Å². The summed E-state index contributed by atoms with van der Waals surface area (Å²) < 4.78 is 5.39. The van der Waals surface area contributed by atoms with E-state index in [9.17, 15) is 14.7 Å². The first kappa shape index (κ1) is 17.0. The van der Waals surface area contributed by atoms with Crippen LogP contribution in [0.3, 0.4) is 0 Å². The van der Waals surface area contributed by atoms with Gasteiger partial charge < -0.3 is 9.52 Å². The van der Waals surface area contributed by atoms with E-state index in [-0.39, 0.29) is 10.1 Å². The fourth-order valence-corrected chi connectivity index (χ4v) is 3.10. The number of hydrazine groups is 1. The maximum atomic E-state index is 12.4. The Morgan fingerprint density at radius 1 is 1.28 bits per heavy atom. The van der Waals surface area contributed by atoms with E-state index in [0.717, 1.165) is 16.8 Å². The molecule has 0 spiro atoms. The van der Waals surface area contributed by atoms with Gasteiger partial charge in [-0.1, -0.05) is 17.8 Å². The number of thioether (sulfide) groups is 1. The number of furan rings is 1. The van der Waals surface area contributed by atoms with E-state index >= 15 is 0 Å². The van der Waals surface area contributed by atoms with E-state index in [0.29, 0.717) is 16.2 Å². The van der Waals surface area contributed by atoms with Gasteiger partial charge in [0.15, 0.2) is 4.32 Å². The van der Waals surface area contributed by atoms with Crippen LogP contribution in [0.15, 0.2) is 64.1 Å². The zero-order chi connectivity index (χ0) is 17.8. The summed E-state index contributed by atoms with van der Waals surface area (Å²) >= 11 is 6.23. The molecule has 1 aromatic heterocycles. The molecule has 0 unspecified atom stereocenters. The number of hydrogen-bond acceptors (Lipinski definition) is 6. The van der Waals surface area contributed by atoms with E-state index < -0.39 is 11.8 Å². The highest BCUT2D eigenvalue weighted by atomic mass is 32.2. The molecule has 8 heteroatoms. The van der Waals surface area contributed by atoms with Crippen molar-refractivity contribution in [3.8, 4) is 5.75 Å². The number of allylic oxidation sites excluding steroid dienone is 2. The van der Waals surface area contributed by atoms with Crippen LogP contribution in [0.1, 0.15) is 16.1 Å². The summed E-state index contributed by atoms with van der Waals surface area (Å²) in [4.78, 5) is 24.9. The summed E-state index contributed by atoms with van der Waals surface area (Å²) in [6.07, 6.45) is 6.54. The average molecular weight is 372 g/mol. The molecule has 0 radical (unpaired) electrons. The number of rotatable bonds is 4. The fraction of sp³-hybridized carbons (Fsp3) is 0. The predicted octanol–water partition coefficient (Wildman–Crippen LogP) is 3.09. The molecule has 3 rings (SSSR count). The number of hydrogen-bond donors (Lipinski definition) is 2. The zero-order valence-corrected chi connectivity index (χ0v) is 14.3. The van der Waals surface area contributed by atoms with Crippen molar-refractivity contribution in [1.29, 1.82) is 0 Å². The van der Waals surface area contributed by atoms with Crippen molar-refractivity contribution in [2.45, 2.75) is 0 Å². The lowest BCUT2D eigenvalue weighted by molar-refractivity contribution is -0.123. The highest BCUT2D eigenvalue weighted by Crippen LogP contribution is 2.29. The molecule has 25 heavy (non-hydrogen) atoms. The number of nitrogens with zero attached hydrogens (tertiary/aromatic N) is 1. The summed E-state index contributed by atoms with van der Waals surface area (Å²) in [5.41, 5.74) is 2.77. The van der Waals surface area contributed by atoms with Crippen LogP contribution in [0.5, 0.6) is 5.75 Å². The van der Waals surface area contributed by atoms with Gasteiger partial charge in [0.2, 0.25) is 0 Å². The molecule has 6 nitrogen and oxygen atoms in total. The number of aromatic hydroxyl groups is 1. The second-order valence-electron chi connectivity index (χ2n) is 4.90. The van der Waals surface area contributed by atoms with Crippen molar-refractivity contribution in [3.63, 3.8) is 0 Å². The van der Waals surface area contributed by atoms with Crippen LogP contribution >= 0.6 is 24.0 Å². The van der Waals surface area contributed by atoms with E-state index in [4.69, 9.17) is 16.6 Å². The van der Waals surface area contributed by atoms with Gasteiger partial charge in [-0.05, 0) is 60.8 Å². The van der Waals surface area contributed by atoms with Gasteiger partial charge in [0.25, 0.3) is 11.8 Å². The second kappa shape index (κ2) is 7.37. The van der Waals surface area contributed by atoms with Gasteiger partial charge >= 0.3 is 0 Å². The molecule has 0 atom stereocenters. The zero-order valence-electron chi connectivity index (χ0n) is 12.7. The molecule has 1 aliphatic heterocycles. The first-order chi connectivity index (χ1) is 12.0. The van der Waals surface area contributed by atoms with Gasteiger partial charge in [-0.15, -0.1) is 0 Å². The summed E-state index contributed by atoms with van der Waals surface area (Å²) in [5.74, 6) is -0.198. The molecule has 1 aliphatic rings. The number of thiocarbonyl (C=S) groups is 1. The number of phenolic OH excluding ortho intramolecular Hbond substituents is 1. The van der Waals surface area contributed by atoms with Gasteiger partial charge in [-0.3, -0.25) is 15.0 Å². The van der Waals surface area contributed by atoms with Crippen LogP contribution in [-0.2, 0) is 4.79 Å². The third-order valence-corrected chi connectivity index (χ3v) is 4.51. The standard InChI is InChI=1S/C17H12N2O4S2/c20-12-8-6-11(7-9-12)15(21)18-19-16(22)14(25-17(19)24)5-1-3-13-4-2-10-23-13/h1-10,20H,(H,18,21). The highest BCUT2D eigenvalue weighted by Gasteiger charge is 2.33. The molecule has 0 bridgehead atoms. The first-order valence-corrected chi connectivity index (χ1v) is 8.35. The SMILES string of the molecule is O=C(NN1C(=O)C(=CC=Cc2ccco2)SC1=S)c1ccc(O)cc1. The third kappa shape index (κ3) is 3.98. The molecule has 2 aromatic rings. The molecule has 1 saturated heterocycles. The van der Waals surface area contributed by atoms with Crippen molar-refractivity contribution in [2.24, 2.45) is 0 Å². The maximum Gasteiger partial charge on any atom is 0.285 e. The normalized spacial score (nSPS) is 16.2. The van der Waals surface area contributed by atoms with Crippen LogP contribution in [-0.4, -0.2) is 26.3 Å². The van der Waals surface area contributed by atoms with Crippen molar-refractivity contribution in [2.75, 3.05) is 0 Å². The molecular formula is C17H12N2O4S2. The van der Waals surface area contributed by atoms with E-state index in [2.05, 4.69) is 5.43 Å². The molecule has 1 aromatic carbocycles. The molecule has 2 N–H and O–H groups in total. The Hall–Kier alpha value is -2.84. The third-order valence-electron chi connectivity index (χ3n) is 3.19. The van der Waals surface area contributed by atoms with Gasteiger partial charge in [-0.25, -0.2) is 0 Å². The van der Waals surface area contributed by atoms with E-state index in [1.807, 2.05) is 0 Å². The van der Waals surface area contributed by atoms with Crippen LogP contribution in [0.25, 0.3) is 6.08 Å². The molecule has 1 fully saturated rings. The molecule has 2 heterocycles. The Morgan fingerprint density at radius 3 is 2.72 bits per heavy atom. The lowest BCUT2D eigenvalue weighted by Crippen LogP contribution is -2.44. The number of carbonyl (C=O) groups is 2. The second-order valence-corrected chi connectivity index (χ2v) is 6.58. The fourth-order valence-electron chi connectivity index (χ4n) is 1.97. The number of carbonyl (C=O) groups excluding carboxylic acids is 2. The van der Waals surface area contributed by atoms with Gasteiger partial charge in [0.05, 0.1) is 11.2 Å². The minimum absolute atomic E-state index is 0.0495. The monoisotopic (exact) mass is 372 g/mol. The minimum atomic E-state index is -0.497. The first-order valence-electron chi connectivity index (χ1n) is 7.13. The Kier molecular flexibility index (Phi) is 5.01. The Bertz CT molecular complexity index is 871. The van der Waals surface area contributed by atoms with Crippen molar-refractivity contribution < 1.29 is 19.1 Å². The quantitative estimate of drug-likeness (QED) is 0.634. The van der Waals surface area contributed by atoms with E-state index in [1.54, 1.807) is 36.6 Å². The van der Waals surface area contributed by atoms with E-state index in [1.165, 1.54) is 24.3 Å². The largest absolute Gasteiger partial charge is 0.508 e. The van der Waals surface area contributed by atoms with Gasteiger partial charge in [-0.2, -0.15) is 5.01 Å². The number of phenols is 1. The Labute approximate surface area is 152 Å². The molecule has 2 amide bonds. The Balaban J connectivity index is 1.68. The topological polar surface area (TPSA) is 82.8 Å². The van der Waals surface area contributed by atoms with Crippen molar-refractivity contribution >= 4 is 46.2 Å². The number of nitrogens with one attached hydrogen (secondary N) is 1.